The average molecular weight is 286 g/mol. The van der Waals surface area contributed by atoms with Crippen LogP contribution in [0.1, 0.15) is 38.8 Å². The molecule has 0 amide bonds. The van der Waals surface area contributed by atoms with Crippen LogP contribution in [0.4, 0.5) is 5.69 Å². The van der Waals surface area contributed by atoms with Crippen LogP contribution in [0, 0.1) is 0 Å². The minimum Gasteiger partial charge on any atom is -0.385 e. The van der Waals surface area contributed by atoms with Crippen LogP contribution in [-0.2, 0) is 0 Å². The van der Waals surface area contributed by atoms with Gasteiger partial charge in [0.25, 0.3) is 0 Å². The predicted molar refractivity (Wildman–Crippen MR) is 78.9 cm³/mol. The standard InChI is InChI=1S/C16H12ClNO2/c1-2-18-13-5-3-4-11-14(13)16(20)12-8-9(17)6-7-10(12)15(11)19/h3-8,18H,2H2,1H3. The van der Waals surface area contributed by atoms with Crippen molar-refractivity contribution in [3.63, 3.8) is 0 Å². The van der Waals surface area contributed by atoms with E-state index in [0.29, 0.717) is 39.5 Å². The van der Waals surface area contributed by atoms with Gasteiger partial charge in [0.2, 0.25) is 0 Å². The van der Waals surface area contributed by atoms with E-state index in [9.17, 15) is 9.59 Å². The summed E-state index contributed by atoms with van der Waals surface area (Å²) in [6.07, 6.45) is 0. The topological polar surface area (TPSA) is 46.2 Å². The maximum absolute atomic E-state index is 12.7. The van der Waals surface area contributed by atoms with Gasteiger partial charge in [-0.2, -0.15) is 0 Å². The number of anilines is 1. The number of hydrogen-bond donors (Lipinski definition) is 1. The van der Waals surface area contributed by atoms with Gasteiger partial charge in [-0.15, -0.1) is 0 Å². The van der Waals surface area contributed by atoms with Gasteiger partial charge in [-0.1, -0.05) is 23.7 Å². The molecular weight excluding hydrogens is 274 g/mol. The van der Waals surface area contributed by atoms with Crippen molar-refractivity contribution in [3.8, 4) is 0 Å². The third-order valence-electron chi connectivity index (χ3n) is 3.37. The summed E-state index contributed by atoms with van der Waals surface area (Å²) in [5, 5.41) is 3.58. The molecule has 0 aromatic heterocycles. The Hall–Kier alpha value is -2.13. The molecule has 0 spiro atoms. The van der Waals surface area contributed by atoms with Crippen molar-refractivity contribution in [2.24, 2.45) is 0 Å². The van der Waals surface area contributed by atoms with E-state index in [2.05, 4.69) is 5.32 Å². The minimum absolute atomic E-state index is 0.133. The number of halogens is 1. The van der Waals surface area contributed by atoms with E-state index < -0.39 is 0 Å². The molecule has 20 heavy (non-hydrogen) atoms. The van der Waals surface area contributed by atoms with Gasteiger partial charge in [-0.25, -0.2) is 0 Å². The van der Waals surface area contributed by atoms with Crippen molar-refractivity contribution in [2.75, 3.05) is 11.9 Å². The quantitative estimate of drug-likeness (QED) is 0.783. The summed E-state index contributed by atoms with van der Waals surface area (Å²) in [6.45, 7) is 2.62. The van der Waals surface area contributed by atoms with Gasteiger partial charge >= 0.3 is 0 Å². The predicted octanol–water partition coefficient (Wildman–Crippen LogP) is 3.55. The van der Waals surface area contributed by atoms with E-state index in [0.717, 1.165) is 0 Å². The monoisotopic (exact) mass is 285 g/mol. The largest absolute Gasteiger partial charge is 0.385 e. The van der Waals surface area contributed by atoms with Crippen LogP contribution in [0.5, 0.6) is 0 Å². The number of carbonyl (C=O) groups is 2. The first-order chi connectivity index (χ1) is 9.63. The highest BCUT2D eigenvalue weighted by Crippen LogP contribution is 2.33. The van der Waals surface area contributed by atoms with E-state index >= 15 is 0 Å². The Kier molecular flexibility index (Phi) is 3.07. The summed E-state index contributed by atoms with van der Waals surface area (Å²) in [5.41, 5.74) is 2.37. The van der Waals surface area contributed by atoms with Crippen molar-refractivity contribution in [3.05, 3.63) is 63.7 Å². The molecule has 0 saturated carbocycles. The lowest BCUT2D eigenvalue weighted by Gasteiger charge is -2.20. The third-order valence-corrected chi connectivity index (χ3v) is 3.61. The first-order valence-electron chi connectivity index (χ1n) is 6.39. The van der Waals surface area contributed by atoms with Gasteiger partial charge in [0.15, 0.2) is 11.6 Å². The van der Waals surface area contributed by atoms with Crippen LogP contribution >= 0.6 is 11.6 Å². The fourth-order valence-corrected chi connectivity index (χ4v) is 2.68. The number of ketones is 2. The van der Waals surface area contributed by atoms with Crippen LogP contribution in [0.2, 0.25) is 5.02 Å². The maximum atomic E-state index is 12.7. The van der Waals surface area contributed by atoms with Crippen molar-refractivity contribution < 1.29 is 9.59 Å². The highest BCUT2D eigenvalue weighted by molar-refractivity contribution is 6.34. The van der Waals surface area contributed by atoms with Crippen molar-refractivity contribution in [1.29, 1.82) is 0 Å². The van der Waals surface area contributed by atoms with E-state index in [1.165, 1.54) is 0 Å². The first kappa shape index (κ1) is 12.9. The molecule has 2 aromatic rings. The molecule has 3 nitrogen and oxygen atoms in total. The number of hydrogen-bond acceptors (Lipinski definition) is 3. The van der Waals surface area contributed by atoms with E-state index in [-0.39, 0.29) is 11.6 Å². The molecule has 1 aliphatic carbocycles. The Labute approximate surface area is 121 Å². The van der Waals surface area contributed by atoms with Gasteiger partial charge in [-0.05, 0) is 31.2 Å². The SMILES string of the molecule is CCNc1cccc2c1C(=O)c1cc(Cl)ccc1C2=O. The van der Waals surface area contributed by atoms with E-state index in [1.54, 1.807) is 30.3 Å². The summed E-state index contributed by atoms with van der Waals surface area (Å²) in [7, 11) is 0. The van der Waals surface area contributed by atoms with Gasteiger partial charge < -0.3 is 5.32 Å². The molecule has 0 saturated heterocycles. The normalized spacial score (nSPS) is 12.9. The van der Waals surface area contributed by atoms with Crippen LogP contribution in [0.15, 0.2) is 36.4 Å². The fourth-order valence-electron chi connectivity index (χ4n) is 2.51. The van der Waals surface area contributed by atoms with Gasteiger partial charge in [0.1, 0.15) is 0 Å². The Morgan fingerprint density at radius 1 is 1.00 bits per heavy atom. The number of rotatable bonds is 2. The summed E-state index contributed by atoms with van der Waals surface area (Å²) in [5.74, 6) is -0.292. The molecular formula is C16H12ClNO2. The lowest BCUT2D eigenvalue weighted by Crippen LogP contribution is -2.22. The van der Waals surface area contributed by atoms with Gasteiger partial charge in [0, 0.05) is 33.9 Å². The van der Waals surface area contributed by atoms with Crippen molar-refractivity contribution >= 4 is 28.9 Å². The molecule has 0 fully saturated rings. The Morgan fingerprint density at radius 2 is 1.80 bits per heavy atom. The molecule has 100 valence electrons. The minimum atomic E-state index is -0.159. The molecule has 1 N–H and O–H groups in total. The molecule has 4 heteroatoms. The second kappa shape index (κ2) is 4.76. The van der Waals surface area contributed by atoms with Crippen LogP contribution in [-0.4, -0.2) is 18.1 Å². The van der Waals surface area contributed by atoms with E-state index in [1.807, 2.05) is 13.0 Å². The number of benzene rings is 2. The molecule has 0 radical (unpaired) electrons. The van der Waals surface area contributed by atoms with E-state index in [4.69, 9.17) is 11.6 Å². The maximum Gasteiger partial charge on any atom is 0.196 e. The zero-order chi connectivity index (χ0) is 14.3. The molecule has 0 atom stereocenters. The molecule has 0 aliphatic heterocycles. The number of nitrogens with one attached hydrogen (secondary N) is 1. The summed E-state index contributed by atoms with van der Waals surface area (Å²) >= 11 is 5.94. The van der Waals surface area contributed by atoms with Crippen molar-refractivity contribution in [1.82, 2.24) is 0 Å². The molecule has 1 aliphatic rings. The van der Waals surface area contributed by atoms with Crippen molar-refractivity contribution in [2.45, 2.75) is 6.92 Å². The third kappa shape index (κ3) is 1.82. The van der Waals surface area contributed by atoms with Crippen LogP contribution < -0.4 is 5.32 Å². The van der Waals surface area contributed by atoms with Gasteiger partial charge in [-0.3, -0.25) is 9.59 Å². The molecule has 0 heterocycles. The molecule has 0 unspecified atom stereocenters. The zero-order valence-electron chi connectivity index (χ0n) is 10.9. The lowest BCUT2D eigenvalue weighted by molar-refractivity contribution is 0.0979. The summed E-state index contributed by atoms with van der Waals surface area (Å²) < 4.78 is 0. The Bertz CT molecular complexity index is 737. The summed E-state index contributed by atoms with van der Waals surface area (Å²) in [6, 6.07) is 10.1. The Balaban J connectivity index is 2.27. The lowest BCUT2D eigenvalue weighted by atomic mass is 9.83. The van der Waals surface area contributed by atoms with Crippen LogP contribution in [0.3, 0.4) is 0 Å². The number of fused-ring (bicyclic) bond motifs is 2. The zero-order valence-corrected chi connectivity index (χ0v) is 11.6. The fraction of sp³-hybridized carbons (Fsp3) is 0.125. The second-order valence-electron chi connectivity index (χ2n) is 4.61. The summed E-state index contributed by atoms with van der Waals surface area (Å²) in [4.78, 5) is 25.1. The average Bonchev–Trinajstić information content (AvgIpc) is 2.45. The number of carbonyl (C=O) groups excluding carboxylic acids is 2. The second-order valence-corrected chi connectivity index (χ2v) is 5.04. The van der Waals surface area contributed by atoms with Gasteiger partial charge in [0.05, 0.1) is 5.56 Å². The highest BCUT2D eigenvalue weighted by atomic mass is 35.5. The smallest absolute Gasteiger partial charge is 0.196 e. The Morgan fingerprint density at radius 3 is 2.55 bits per heavy atom. The van der Waals surface area contributed by atoms with Crippen LogP contribution in [0.25, 0.3) is 0 Å². The molecule has 0 bridgehead atoms. The first-order valence-corrected chi connectivity index (χ1v) is 6.77. The highest BCUT2D eigenvalue weighted by Gasteiger charge is 2.31. The molecule has 3 rings (SSSR count). The molecule has 2 aromatic carbocycles.